The van der Waals surface area contributed by atoms with E-state index in [1.807, 2.05) is 0 Å². The summed E-state index contributed by atoms with van der Waals surface area (Å²) in [6.07, 6.45) is 3.54. The van der Waals surface area contributed by atoms with E-state index in [1.54, 1.807) is 20.8 Å². The SMILES string of the molecule is COC(=O)[C@@H]1CC2(CC23CCC3)C(=O)N1C(=O)OC(C)(C)C. The highest BCUT2D eigenvalue weighted by atomic mass is 16.6. The number of imide groups is 1. The Balaban J connectivity index is 1.87. The van der Waals surface area contributed by atoms with Crippen molar-refractivity contribution in [1.29, 1.82) is 0 Å². The number of ether oxygens (including phenoxy) is 2. The van der Waals surface area contributed by atoms with Crippen LogP contribution in [0.4, 0.5) is 4.79 Å². The summed E-state index contributed by atoms with van der Waals surface area (Å²) < 4.78 is 10.1. The maximum Gasteiger partial charge on any atom is 0.417 e. The van der Waals surface area contributed by atoms with Crippen LogP contribution >= 0.6 is 0 Å². The fourth-order valence-electron chi connectivity index (χ4n) is 4.11. The van der Waals surface area contributed by atoms with Crippen LogP contribution in [0.15, 0.2) is 0 Å². The largest absolute Gasteiger partial charge is 0.467 e. The van der Waals surface area contributed by atoms with Gasteiger partial charge in [0.15, 0.2) is 0 Å². The summed E-state index contributed by atoms with van der Waals surface area (Å²) in [5, 5.41) is 0. The van der Waals surface area contributed by atoms with Crippen molar-refractivity contribution in [2.75, 3.05) is 7.11 Å². The van der Waals surface area contributed by atoms with Crippen molar-refractivity contribution in [2.45, 2.75) is 64.5 Å². The Morgan fingerprint density at radius 3 is 2.32 bits per heavy atom. The van der Waals surface area contributed by atoms with E-state index in [1.165, 1.54) is 7.11 Å². The molecule has 22 heavy (non-hydrogen) atoms. The van der Waals surface area contributed by atoms with E-state index in [-0.39, 0.29) is 11.3 Å². The van der Waals surface area contributed by atoms with Crippen LogP contribution in [0.3, 0.4) is 0 Å². The lowest BCUT2D eigenvalue weighted by atomic mass is 9.74. The third-order valence-electron chi connectivity index (χ3n) is 5.39. The van der Waals surface area contributed by atoms with Crippen molar-refractivity contribution in [3.8, 4) is 0 Å². The Bertz CT molecular complexity index is 545. The number of methoxy groups -OCH3 is 1. The fraction of sp³-hybridized carbons (Fsp3) is 0.812. The minimum atomic E-state index is -0.854. The molecular formula is C16H23NO5. The zero-order valence-electron chi connectivity index (χ0n) is 13.6. The Hall–Kier alpha value is -1.59. The third kappa shape index (κ3) is 1.96. The van der Waals surface area contributed by atoms with Crippen LogP contribution in [0.2, 0.25) is 0 Å². The number of fused-ring (bicyclic) bond motifs is 1. The molecule has 6 nitrogen and oxygen atoms in total. The molecule has 0 aromatic heterocycles. The molecule has 1 aliphatic heterocycles. The van der Waals surface area contributed by atoms with Gasteiger partial charge in [0.1, 0.15) is 11.6 Å². The summed E-state index contributed by atoms with van der Waals surface area (Å²) in [6, 6.07) is -0.854. The number of carbonyl (C=O) groups excluding carboxylic acids is 3. The first kappa shape index (κ1) is 15.3. The van der Waals surface area contributed by atoms with E-state index >= 15 is 0 Å². The Morgan fingerprint density at radius 2 is 1.91 bits per heavy atom. The minimum Gasteiger partial charge on any atom is -0.467 e. The molecule has 2 atom stereocenters. The predicted molar refractivity (Wildman–Crippen MR) is 76.8 cm³/mol. The Kier molecular flexibility index (Phi) is 3.10. The zero-order chi connectivity index (χ0) is 16.3. The molecule has 2 saturated carbocycles. The number of hydrogen-bond acceptors (Lipinski definition) is 5. The zero-order valence-corrected chi connectivity index (χ0v) is 13.6. The first-order chi connectivity index (χ1) is 10.2. The van der Waals surface area contributed by atoms with E-state index in [2.05, 4.69) is 0 Å². The molecule has 2 amide bonds. The monoisotopic (exact) mass is 309 g/mol. The molecule has 3 rings (SSSR count). The lowest BCUT2D eigenvalue weighted by Crippen LogP contribution is -2.46. The van der Waals surface area contributed by atoms with Crippen molar-refractivity contribution in [3.05, 3.63) is 0 Å². The number of esters is 1. The van der Waals surface area contributed by atoms with Crippen LogP contribution in [0.1, 0.15) is 52.9 Å². The van der Waals surface area contributed by atoms with Gasteiger partial charge in [0.05, 0.1) is 12.5 Å². The van der Waals surface area contributed by atoms with Gasteiger partial charge in [-0.3, -0.25) is 4.79 Å². The molecule has 0 aromatic rings. The van der Waals surface area contributed by atoms with Crippen molar-refractivity contribution in [2.24, 2.45) is 10.8 Å². The van der Waals surface area contributed by atoms with Crippen molar-refractivity contribution in [1.82, 2.24) is 4.90 Å². The van der Waals surface area contributed by atoms with Crippen LogP contribution in [-0.2, 0) is 19.1 Å². The molecule has 0 N–H and O–H groups in total. The lowest BCUT2D eigenvalue weighted by molar-refractivity contribution is -0.149. The highest BCUT2D eigenvalue weighted by Crippen LogP contribution is 2.78. The summed E-state index contributed by atoms with van der Waals surface area (Å²) in [4.78, 5) is 38.3. The minimum absolute atomic E-state index is 0.0209. The van der Waals surface area contributed by atoms with Crippen molar-refractivity contribution >= 4 is 18.0 Å². The maximum atomic E-state index is 12.9. The number of likely N-dealkylation sites (tertiary alicyclic amines) is 1. The maximum absolute atomic E-state index is 12.9. The normalized spacial score (nSPS) is 32.1. The van der Waals surface area contributed by atoms with Gasteiger partial charge in [-0.1, -0.05) is 6.42 Å². The molecule has 122 valence electrons. The number of nitrogens with zero attached hydrogens (tertiary/aromatic N) is 1. The molecule has 0 radical (unpaired) electrons. The van der Waals surface area contributed by atoms with E-state index in [9.17, 15) is 14.4 Å². The van der Waals surface area contributed by atoms with Gasteiger partial charge in [-0.15, -0.1) is 0 Å². The summed E-state index contributed by atoms with van der Waals surface area (Å²) >= 11 is 0. The Morgan fingerprint density at radius 1 is 1.27 bits per heavy atom. The van der Waals surface area contributed by atoms with Gasteiger partial charge in [-0.2, -0.15) is 0 Å². The summed E-state index contributed by atoms with van der Waals surface area (Å²) in [5.41, 5.74) is -1.24. The van der Waals surface area contributed by atoms with Gasteiger partial charge >= 0.3 is 12.1 Å². The van der Waals surface area contributed by atoms with E-state index in [0.29, 0.717) is 6.42 Å². The third-order valence-corrected chi connectivity index (χ3v) is 5.39. The average molecular weight is 309 g/mol. The first-order valence-corrected chi connectivity index (χ1v) is 7.80. The molecule has 0 aromatic carbocycles. The average Bonchev–Trinajstić information content (AvgIpc) is 2.96. The van der Waals surface area contributed by atoms with Gasteiger partial charge in [0, 0.05) is 0 Å². The summed E-state index contributed by atoms with van der Waals surface area (Å²) in [6.45, 7) is 5.21. The van der Waals surface area contributed by atoms with E-state index in [4.69, 9.17) is 9.47 Å². The van der Waals surface area contributed by atoms with Crippen LogP contribution in [0.25, 0.3) is 0 Å². The fourth-order valence-corrected chi connectivity index (χ4v) is 4.11. The lowest BCUT2D eigenvalue weighted by Gasteiger charge is -2.30. The second-order valence-corrected chi connectivity index (χ2v) is 7.79. The van der Waals surface area contributed by atoms with E-state index in [0.717, 1.165) is 30.6 Å². The molecule has 1 saturated heterocycles. The molecule has 2 spiro atoms. The highest BCUT2D eigenvalue weighted by Gasteiger charge is 2.78. The standard InChI is InChI=1S/C16H23NO5/c1-14(2,3)22-13(20)17-10(11(18)21-4)8-16(12(17)19)9-15(16)6-5-7-15/h10H,5-9H2,1-4H3/t10-,16?/m0/s1. The molecule has 2 aliphatic carbocycles. The van der Waals surface area contributed by atoms with Crippen LogP contribution in [-0.4, -0.2) is 41.6 Å². The van der Waals surface area contributed by atoms with Crippen molar-refractivity contribution < 1.29 is 23.9 Å². The van der Waals surface area contributed by atoms with Gasteiger partial charge < -0.3 is 9.47 Å². The van der Waals surface area contributed by atoms with Gasteiger partial charge in [-0.25, -0.2) is 14.5 Å². The van der Waals surface area contributed by atoms with Gasteiger partial charge in [0.25, 0.3) is 0 Å². The van der Waals surface area contributed by atoms with Gasteiger partial charge in [0.2, 0.25) is 5.91 Å². The molecule has 3 fully saturated rings. The van der Waals surface area contributed by atoms with Crippen LogP contribution in [0, 0.1) is 10.8 Å². The molecule has 6 heteroatoms. The van der Waals surface area contributed by atoms with Gasteiger partial charge in [-0.05, 0) is 51.9 Å². The number of rotatable bonds is 1. The summed E-state index contributed by atoms with van der Waals surface area (Å²) in [5.74, 6) is -0.797. The number of carbonyl (C=O) groups is 3. The van der Waals surface area contributed by atoms with Crippen molar-refractivity contribution in [3.63, 3.8) is 0 Å². The Labute approximate surface area is 130 Å². The highest BCUT2D eigenvalue weighted by molar-refractivity contribution is 6.04. The predicted octanol–water partition coefficient (Wildman–Crippen LogP) is 2.26. The quantitative estimate of drug-likeness (QED) is 0.695. The van der Waals surface area contributed by atoms with E-state index < -0.39 is 29.1 Å². The first-order valence-electron chi connectivity index (χ1n) is 7.80. The molecule has 0 bridgehead atoms. The second-order valence-electron chi connectivity index (χ2n) is 7.79. The molecule has 3 aliphatic rings. The number of amides is 2. The topological polar surface area (TPSA) is 72.9 Å². The second kappa shape index (κ2) is 4.46. The van der Waals surface area contributed by atoms with Crippen LogP contribution in [0.5, 0.6) is 0 Å². The summed E-state index contributed by atoms with van der Waals surface area (Å²) in [7, 11) is 1.27. The number of hydrogen-bond donors (Lipinski definition) is 0. The molecule has 1 unspecified atom stereocenters. The molecule has 1 heterocycles. The van der Waals surface area contributed by atoms with Crippen LogP contribution < -0.4 is 0 Å². The molecular weight excluding hydrogens is 286 g/mol. The smallest absolute Gasteiger partial charge is 0.417 e.